The van der Waals surface area contributed by atoms with Gasteiger partial charge in [0, 0.05) is 28.3 Å². The molecule has 0 fully saturated rings. The van der Waals surface area contributed by atoms with Gasteiger partial charge in [-0.2, -0.15) is 13.2 Å². The summed E-state index contributed by atoms with van der Waals surface area (Å²) in [4.78, 5) is 4.15. The van der Waals surface area contributed by atoms with Crippen LogP contribution in [0.1, 0.15) is 40.5 Å². The van der Waals surface area contributed by atoms with Gasteiger partial charge in [-0.25, -0.2) is 0 Å². The van der Waals surface area contributed by atoms with Gasteiger partial charge in [-0.1, -0.05) is 40.0 Å². The Balaban J connectivity index is 0. The van der Waals surface area contributed by atoms with E-state index in [1.807, 2.05) is 27.7 Å². The summed E-state index contributed by atoms with van der Waals surface area (Å²) in [5.41, 5.74) is -0.375. The van der Waals surface area contributed by atoms with Crippen molar-refractivity contribution in [3.63, 3.8) is 0 Å². The second kappa shape index (κ2) is 7.33. The van der Waals surface area contributed by atoms with E-state index in [1.165, 1.54) is 0 Å². The van der Waals surface area contributed by atoms with Crippen molar-refractivity contribution in [1.29, 1.82) is 0 Å². The van der Waals surface area contributed by atoms with Crippen LogP contribution in [0.15, 0.2) is 4.99 Å². The molecule has 0 aromatic heterocycles. The first-order valence-corrected chi connectivity index (χ1v) is 4.97. The summed E-state index contributed by atoms with van der Waals surface area (Å²) in [7, 11) is 0. The van der Waals surface area contributed by atoms with Crippen LogP contribution in [0.3, 0.4) is 0 Å². The molecule has 0 aliphatic heterocycles. The van der Waals surface area contributed by atoms with Gasteiger partial charge >= 0.3 is 6.18 Å². The summed E-state index contributed by atoms with van der Waals surface area (Å²) >= 11 is 0. The fourth-order valence-corrected chi connectivity index (χ4v) is 0.962. The van der Waals surface area contributed by atoms with Crippen LogP contribution in [0, 0.1) is 0 Å². The van der Waals surface area contributed by atoms with E-state index in [9.17, 15) is 13.2 Å². The van der Waals surface area contributed by atoms with Crippen molar-refractivity contribution < 1.29 is 34.9 Å². The zero-order valence-electron chi connectivity index (χ0n) is 10.1. The zero-order valence-corrected chi connectivity index (χ0v) is 11.7. The van der Waals surface area contributed by atoms with Gasteiger partial charge in [0.25, 0.3) is 0 Å². The molecule has 0 spiro atoms. The van der Waals surface area contributed by atoms with E-state index in [4.69, 9.17) is 0 Å². The summed E-state index contributed by atoms with van der Waals surface area (Å²) in [6.45, 7) is 6.27. The second-order valence-electron chi connectivity index (χ2n) is 4.38. The Labute approximate surface area is 110 Å². The molecule has 0 aromatic carbocycles. The van der Waals surface area contributed by atoms with Gasteiger partial charge in [0.15, 0.2) is 0 Å². The molecule has 2 nitrogen and oxygen atoms in total. The number of amidine groups is 1. The first kappa shape index (κ1) is 18.3. The molecular weight excluding hydrogens is 253 g/mol. The molecule has 0 aliphatic carbocycles. The summed E-state index contributed by atoms with van der Waals surface area (Å²) < 4.78 is 35.8. The Kier molecular flexibility index (Phi) is 8.40. The smallest absolute Gasteiger partial charge is 0.388 e. The summed E-state index contributed by atoms with van der Waals surface area (Å²) in [5.74, 6) is 0.308. The molecule has 0 saturated carbocycles. The molecule has 6 heteroatoms. The third-order valence-corrected chi connectivity index (χ3v) is 1.38. The molecule has 0 aromatic rings. The van der Waals surface area contributed by atoms with Crippen molar-refractivity contribution in [3.05, 3.63) is 5.32 Å². The minimum absolute atomic E-state index is 0. The molecule has 0 atom stereocenters. The Morgan fingerprint density at radius 3 is 2.00 bits per heavy atom. The van der Waals surface area contributed by atoms with Crippen molar-refractivity contribution in [2.75, 3.05) is 6.54 Å². The Morgan fingerprint density at radius 2 is 1.69 bits per heavy atom. The first-order chi connectivity index (χ1) is 6.64. The molecule has 0 heterocycles. The number of alkyl halides is 3. The largest absolute Gasteiger partial charge is 0.463 e. The predicted octanol–water partition coefficient (Wildman–Crippen LogP) is 3.92. The SMILES string of the molecule is CCCC(=NC(C)(C)C)[N-]CC(F)(F)F.[Ti]. The fraction of sp³-hybridized carbons (Fsp3) is 0.900. The van der Waals surface area contributed by atoms with Crippen LogP contribution < -0.4 is 0 Å². The summed E-state index contributed by atoms with van der Waals surface area (Å²) in [6, 6.07) is 0. The predicted molar refractivity (Wildman–Crippen MR) is 56.4 cm³/mol. The number of hydrogen-bond acceptors (Lipinski definition) is 1. The van der Waals surface area contributed by atoms with Crippen LogP contribution >= 0.6 is 0 Å². The van der Waals surface area contributed by atoms with E-state index < -0.39 is 12.7 Å². The van der Waals surface area contributed by atoms with Gasteiger partial charge in [0.2, 0.25) is 0 Å². The second-order valence-corrected chi connectivity index (χ2v) is 4.38. The van der Waals surface area contributed by atoms with Crippen molar-refractivity contribution in [2.45, 2.75) is 52.3 Å². The topological polar surface area (TPSA) is 26.5 Å². The van der Waals surface area contributed by atoms with Crippen molar-refractivity contribution in [3.8, 4) is 0 Å². The van der Waals surface area contributed by atoms with Gasteiger partial charge in [0.1, 0.15) is 0 Å². The normalized spacial score (nSPS) is 13.3. The van der Waals surface area contributed by atoms with Crippen LogP contribution in [-0.2, 0) is 21.7 Å². The molecule has 0 aliphatic rings. The fourth-order valence-electron chi connectivity index (χ4n) is 0.962. The molecule has 0 saturated heterocycles. The van der Waals surface area contributed by atoms with Gasteiger partial charge < -0.3 is 10.3 Å². The molecule has 0 bridgehead atoms. The van der Waals surface area contributed by atoms with E-state index in [2.05, 4.69) is 10.3 Å². The molecule has 0 rings (SSSR count). The minimum atomic E-state index is -4.24. The molecule has 0 N–H and O–H groups in total. The van der Waals surface area contributed by atoms with E-state index >= 15 is 0 Å². The van der Waals surface area contributed by atoms with Gasteiger partial charge in [-0.3, -0.25) is 0 Å². The quantitative estimate of drug-likeness (QED) is 0.422. The molecule has 0 radical (unpaired) electrons. The maximum absolute atomic E-state index is 11.9. The molecule has 0 unspecified atom stereocenters. The Bertz CT molecular complexity index is 219. The zero-order chi connectivity index (χ0) is 12.1. The number of halogens is 3. The van der Waals surface area contributed by atoms with E-state index in [-0.39, 0.29) is 27.3 Å². The number of rotatable bonds is 3. The Hall–Kier alpha value is -0.0257. The minimum Gasteiger partial charge on any atom is -0.463 e. The number of hydrogen-bond donors (Lipinski definition) is 0. The summed E-state index contributed by atoms with van der Waals surface area (Å²) in [6.07, 6.45) is -3.00. The van der Waals surface area contributed by atoms with Crippen molar-refractivity contribution in [2.24, 2.45) is 4.99 Å². The standard InChI is InChI=1S/C10H18F3N2.Ti/c1-5-6-8(15-9(2,3)4)14-7-10(11,12)13;/h5-7H2,1-4H3;/q-1;. The van der Waals surface area contributed by atoms with Crippen LogP contribution in [-0.4, -0.2) is 24.1 Å². The van der Waals surface area contributed by atoms with Gasteiger partial charge in [0.05, 0.1) is 0 Å². The van der Waals surface area contributed by atoms with Gasteiger partial charge in [-0.05, 0) is 12.0 Å². The van der Waals surface area contributed by atoms with Crippen LogP contribution in [0.25, 0.3) is 5.32 Å². The number of nitrogens with zero attached hydrogens (tertiary/aromatic N) is 2. The van der Waals surface area contributed by atoms with E-state index in [0.29, 0.717) is 12.3 Å². The van der Waals surface area contributed by atoms with Crippen LogP contribution in [0.5, 0.6) is 0 Å². The molecule has 0 amide bonds. The van der Waals surface area contributed by atoms with E-state index in [1.54, 1.807) is 0 Å². The molecular formula is C10H18F3N2Ti-. The monoisotopic (exact) mass is 271 g/mol. The van der Waals surface area contributed by atoms with Crippen LogP contribution in [0.2, 0.25) is 0 Å². The third-order valence-electron chi connectivity index (χ3n) is 1.38. The average Bonchev–Trinajstić information content (AvgIpc) is 1.96. The maximum atomic E-state index is 11.9. The maximum Gasteiger partial charge on any atom is 0.388 e. The average molecular weight is 271 g/mol. The van der Waals surface area contributed by atoms with E-state index in [0.717, 1.165) is 6.42 Å². The van der Waals surface area contributed by atoms with Crippen LogP contribution in [0.4, 0.5) is 13.2 Å². The van der Waals surface area contributed by atoms with Crippen molar-refractivity contribution >= 4 is 5.84 Å². The molecule has 16 heavy (non-hydrogen) atoms. The summed E-state index contributed by atoms with van der Waals surface area (Å²) in [5, 5.41) is 3.50. The molecule has 94 valence electrons. The first-order valence-electron chi connectivity index (χ1n) is 4.97. The Morgan fingerprint density at radius 1 is 1.19 bits per heavy atom. The van der Waals surface area contributed by atoms with Crippen molar-refractivity contribution in [1.82, 2.24) is 0 Å². The van der Waals surface area contributed by atoms with Gasteiger partial charge in [-0.15, -0.1) is 0 Å². The third kappa shape index (κ3) is 12.0. The number of aliphatic imine (C=N–C) groups is 1.